The number of carbonyl (C=O) groups excluding carboxylic acids is 1. The SMILES string of the molecule is CC1CCC(C(=O)N(c2ccsc2C(=O)O)C2CCC(n3cncn3)CC2)CC1. The van der Waals surface area contributed by atoms with E-state index < -0.39 is 5.97 Å². The van der Waals surface area contributed by atoms with Crippen LogP contribution in [0.25, 0.3) is 0 Å². The van der Waals surface area contributed by atoms with Crippen molar-refractivity contribution >= 4 is 28.9 Å². The summed E-state index contributed by atoms with van der Waals surface area (Å²) in [6, 6.07) is 2.14. The number of amides is 1. The van der Waals surface area contributed by atoms with Gasteiger partial charge in [-0.25, -0.2) is 14.5 Å². The van der Waals surface area contributed by atoms with Crippen LogP contribution in [0.5, 0.6) is 0 Å². The van der Waals surface area contributed by atoms with Crippen molar-refractivity contribution in [3.63, 3.8) is 0 Å². The molecule has 0 unspecified atom stereocenters. The molecule has 2 aromatic rings. The first kappa shape index (κ1) is 20.1. The number of aromatic carboxylic acids is 1. The Balaban J connectivity index is 1.56. The first-order valence-corrected chi connectivity index (χ1v) is 11.4. The van der Waals surface area contributed by atoms with Crippen LogP contribution in [0.3, 0.4) is 0 Å². The summed E-state index contributed by atoms with van der Waals surface area (Å²) in [6.45, 7) is 2.24. The average Bonchev–Trinajstić information content (AvgIpc) is 3.42. The lowest BCUT2D eigenvalue weighted by molar-refractivity contribution is -0.124. The van der Waals surface area contributed by atoms with Crippen molar-refractivity contribution in [3.05, 3.63) is 29.0 Å². The molecule has 2 aromatic heterocycles. The van der Waals surface area contributed by atoms with Gasteiger partial charge in [-0.3, -0.25) is 4.79 Å². The second-order valence-electron chi connectivity index (χ2n) is 8.44. The summed E-state index contributed by atoms with van der Waals surface area (Å²) >= 11 is 1.20. The molecule has 7 nitrogen and oxygen atoms in total. The van der Waals surface area contributed by atoms with Crippen LogP contribution in [0.15, 0.2) is 24.1 Å². The molecule has 4 rings (SSSR count). The van der Waals surface area contributed by atoms with Gasteiger partial charge in [-0.15, -0.1) is 11.3 Å². The van der Waals surface area contributed by atoms with Crippen molar-refractivity contribution in [3.8, 4) is 0 Å². The summed E-state index contributed by atoms with van der Waals surface area (Å²) in [6.07, 6.45) is 10.7. The Morgan fingerprint density at radius 3 is 2.48 bits per heavy atom. The van der Waals surface area contributed by atoms with Gasteiger partial charge in [0.05, 0.1) is 11.7 Å². The predicted molar refractivity (Wildman–Crippen MR) is 111 cm³/mol. The largest absolute Gasteiger partial charge is 0.477 e. The molecule has 2 aliphatic rings. The quantitative estimate of drug-likeness (QED) is 0.781. The molecule has 0 radical (unpaired) electrons. The van der Waals surface area contributed by atoms with Gasteiger partial charge >= 0.3 is 5.97 Å². The van der Waals surface area contributed by atoms with E-state index in [9.17, 15) is 14.7 Å². The Hall–Kier alpha value is -2.22. The van der Waals surface area contributed by atoms with Crippen molar-refractivity contribution in [1.29, 1.82) is 0 Å². The molecule has 0 aliphatic heterocycles. The summed E-state index contributed by atoms with van der Waals surface area (Å²) in [5.74, 6) is -0.175. The molecule has 8 heteroatoms. The summed E-state index contributed by atoms with van der Waals surface area (Å²) in [5, 5.41) is 15.7. The fraction of sp³-hybridized carbons (Fsp3) is 0.619. The van der Waals surface area contributed by atoms with Crippen LogP contribution in [-0.2, 0) is 4.79 Å². The zero-order chi connectivity index (χ0) is 20.4. The van der Waals surface area contributed by atoms with Crippen LogP contribution in [0.4, 0.5) is 5.69 Å². The molecule has 2 saturated carbocycles. The van der Waals surface area contributed by atoms with Crippen LogP contribution >= 0.6 is 11.3 Å². The van der Waals surface area contributed by atoms with Crippen molar-refractivity contribution in [2.45, 2.75) is 70.4 Å². The van der Waals surface area contributed by atoms with Crippen LogP contribution in [-0.4, -0.2) is 37.8 Å². The highest BCUT2D eigenvalue weighted by atomic mass is 32.1. The zero-order valence-corrected chi connectivity index (χ0v) is 17.6. The van der Waals surface area contributed by atoms with Gasteiger partial charge in [-0.2, -0.15) is 5.10 Å². The molecule has 0 saturated heterocycles. The monoisotopic (exact) mass is 416 g/mol. The van der Waals surface area contributed by atoms with Gasteiger partial charge in [0.15, 0.2) is 0 Å². The summed E-state index contributed by atoms with van der Waals surface area (Å²) in [5.41, 5.74) is 0.579. The molecular weight excluding hydrogens is 388 g/mol. The molecule has 0 atom stereocenters. The number of aromatic nitrogens is 3. The highest BCUT2D eigenvalue weighted by Crippen LogP contribution is 2.39. The Bertz CT molecular complexity index is 834. The van der Waals surface area contributed by atoms with E-state index in [1.807, 2.05) is 9.58 Å². The molecule has 0 bridgehead atoms. The van der Waals surface area contributed by atoms with Crippen molar-refractivity contribution < 1.29 is 14.7 Å². The van der Waals surface area contributed by atoms with Crippen LogP contribution in [0.2, 0.25) is 0 Å². The van der Waals surface area contributed by atoms with E-state index in [4.69, 9.17) is 0 Å². The van der Waals surface area contributed by atoms with Crippen molar-refractivity contribution in [2.75, 3.05) is 4.90 Å². The highest BCUT2D eigenvalue weighted by Gasteiger charge is 2.37. The van der Waals surface area contributed by atoms with Gasteiger partial charge in [0, 0.05) is 12.0 Å². The molecule has 29 heavy (non-hydrogen) atoms. The van der Waals surface area contributed by atoms with E-state index in [-0.39, 0.29) is 22.7 Å². The molecule has 156 valence electrons. The minimum atomic E-state index is -0.957. The lowest BCUT2D eigenvalue weighted by Crippen LogP contribution is -2.46. The van der Waals surface area contributed by atoms with Crippen molar-refractivity contribution in [1.82, 2.24) is 14.8 Å². The molecule has 2 heterocycles. The summed E-state index contributed by atoms with van der Waals surface area (Å²) in [4.78, 5) is 31.5. The number of hydrogen-bond donors (Lipinski definition) is 1. The maximum absolute atomic E-state index is 13.6. The minimum absolute atomic E-state index is 0.000726. The number of anilines is 1. The Morgan fingerprint density at radius 1 is 1.14 bits per heavy atom. The first-order chi connectivity index (χ1) is 14.0. The van der Waals surface area contributed by atoms with Crippen LogP contribution in [0, 0.1) is 11.8 Å². The topological polar surface area (TPSA) is 88.3 Å². The molecule has 2 fully saturated rings. The first-order valence-electron chi connectivity index (χ1n) is 10.5. The van der Waals surface area contributed by atoms with E-state index in [0.717, 1.165) is 51.4 Å². The fourth-order valence-electron chi connectivity index (χ4n) is 4.84. The second kappa shape index (κ2) is 8.65. The number of hydrogen-bond acceptors (Lipinski definition) is 5. The third kappa shape index (κ3) is 4.22. The minimum Gasteiger partial charge on any atom is -0.477 e. The third-order valence-electron chi connectivity index (χ3n) is 6.54. The standard InChI is InChI=1S/C21H28N4O3S/c1-14-2-4-15(5-3-14)20(26)25(18-10-11-29-19(18)21(27)28)17-8-6-16(7-9-17)24-13-22-12-23-24/h10-17H,2-9H2,1H3,(H,27,28). The predicted octanol–water partition coefficient (Wildman–Crippen LogP) is 4.38. The summed E-state index contributed by atoms with van der Waals surface area (Å²) in [7, 11) is 0. The number of nitrogens with zero attached hydrogens (tertiary/aromatic N) is 4. The maximum Gasteiger partial charge on any atom is 0.348 e. The Morgan fingerprint density at radius 2 is 1.86 bits per heavy atom. The van der Waals surface area contributed by atoms with Crippen LogP contribution < -0.4 is 4.90 Å². The number of carboxylic acid groups (broad SMARTS) is 1. The van der Waals surface area contributed by atoms with Gasteiger partial charge in [0.25, 0.3) is 0 Å². The Kier molecular flexibility index (Phi) is 5.99. The molecular formula is C21H28N4O3S. The van der Waals surface area contributed by atoms with E-state index >= 15 is 0 Å². The number of rotatable bonds is 5. The zero-order valence-electron chi connectivity index (χ0n) is 16.7. The highest BCUT2D eigenvalue weighted by molar-refractivity contribution is 7.12. The van der Waals surface area contributed by atoms with Gasteiger partial charge in [0.1, 0.15) is 17.5 Å². The normalized spacial score (nSPS) is 27.5. The lowest BCUT2D eigenvalue weighted by Gasteiger charge is -2.39. The van der Waals surface area contributed by atoms with E-state index in [1.54, 1.807) is 24.1 Å². The smallest absolute Gasteiger partial charge is 0.348 e. The van der Waals surface area contributed by atoms with Crippen molar-refractivity contribution in [2.24, 2.45) is 11.8 Å². The van der Waals surface area contributed by atoms with E-state index in [0.29, 0.717) is 17.6 Å². The molecule has 0 aromatic carbocycles. The van der Waals surface area contributed by atoms with E-state index in [1.165, 1.54) is 11.3 Å². The fourth-order valence-corrected chi connectivity index (χ4v) is 5.56. The number of thiophene rings is 1. The summed E-state index contributed by atoms with van der Waals surface area (Å²) < 4.78 is 1.90. The van der Waals surface area contributed by atoms with Crippen LogP contribution in [0.1, 0.15) is 74.0 Å². The number of carboxylic acids is 1. The average molecular weight is 417 g/mol. The number of carbonyl (C=O) groups is 2. The van der Waals surface area contributed by atoms with E-state index in [2.05, 4.69) is 17.0 Å². The molecule has 1 N–H and O–H groups in total. The maximum atomic E-state index is 13.6. The Labute approximate surface area is 174 Å². The lowest BCUT2D eigenvalue weighted by atomic mass is 9.81. The van der Waals surface area contributed by atoms with Gasteiger partial charge < -0.3 is 10.0 Å². The molecule has 1 amide bonds. The van der Waals surface area contributed by atoms with Gasteiger partial charge in [0.2, 0.25) is 5.91 Å². The molecule has 2 aliphatic carbocycles. The molecule has 0 spiro atoms. The van der Waals surface area contributed by atoms with Gasteiger partial charge in [-0.1, -0.05) is 6.92 Å². The second-order valence-corrected chi connectivity index (χ2v) is 9.36. The third-order valence-corrected chi connectivity index (χ3v) is 7.43. The van der Waals surface area contributed by atoms with Gasteiger partial charge in [-0.05, 0) is 68.7 Å².